The average molecular weight is 580 g/mol. The summed E-state index contributed by atoms with van der Waals surface area (Å²) in [6.07, 6.45) is 0.794. The molecule has 1 atom stereocenters. The zero-order valence-electron chi connectivity index (χ0n) is 22.8. The van der Waals surface area contributed by atoms with Gasteiger partial charge < -0.3 is 9.47 Å². The molecule has 0 saturated heterocycles. The monoisotopic (exact) mass is 579 g/mol. The number of fused-ring (bicyclic) bond motifs is 1. The van der Waals surface area contributed by atoms with Crippen LogP contribution in [0, 0.1) is 10.1 Å². The fourth-order valence-corrected chi connectivity index (χ4v) is 6.15. The summed E-state index contributed by atoms with van der Waals surface area (Å²) >= 11 is 1.25. The van der Waals surface area contributed by atoms with E-state index >= 15 is 0 Å². The number of Topliss-reactive ketones (excluding diaryl/α,β-unsaturated/α-hetero) is 1. The van der Waals surface area contributed by atoms with Gasteiger partial charge in [0.1, 0.15) is 16.5 Å². The number of nitro groups is 1. The zero-order chi connectivity index (χ0) is 29.4. The number of carbonyl (C=O) groups is 1. The van der Waals surface area contributed by atoms with E-state index in [4.69, 9.17) is 9.47 Å². The quantitative estimate of drug-likeness (QED) is 0.160. The number of ether oxygens (including phenoxy) is 2. The van der Waals surface area contributed by atoms with Gasteiger partial charge in [0.25, 0.3) is 11.2 Å². The van der Waals surface area contributed by atoms with Crippen LogP contribution in [0.4, 0.5) is 5.69 Å². The van der Waals surface area contributed by atoms with Crippen LogP contribution in [-0.4, -0.2) is 34.5 Å². The van der Waals surface area contributed by atoms with Crippen LogP contribution in [0.1, 0.15) is 34.0 Å². The second-order valence-electron chi connectivity index (χ2n) is 9.90. The number of carbonyl (C=O) groups excluding carboxylic acids is 1. The lowest BCUT2D eigenvalue weighted by molar-refractivity contribution is -0.384. The molecule has 0 fully saturated rings. The normalized spacial score (nSPS) is 14.3. The maximum absolute atomic E-state index is 14.2. The van der Waals surface area contributed by atoms with Gasteiger partial charge in [-0.05, 0) is 60.4 Å². The molecule has 0 bridgehead atoms. The highest BCUT2D eigenvalue weighted by molar-refractivity contribution is 7.13. The van der Waals surface area contributed by atoms with E-state index < -0.39 is 4.92 Å². The first kappa shape index (κ1) is 27.1. The van der Waals surface area contributed by atoms with Gasteiger partial charge in [0, 0.05) is 46.4 Å². The summed E-state index contributed by atoms with van der Waals surface area (Å²) in [4.78, 5) is 43.3. The molecule has 10 heteroatoms. The summed E-state index contributed by atoms with van der Waals surface area (Å²) in [6.45, 7) is 0. The summed E-state index contributed by atoms with van der Waals surface area (Å²) in [5.41, 5.74) is 3.75. The Morgan fingerprint density at radius 3 is 2.26 bits per heavy atom. The number of hydrogen-bond donors (Lipinski definition) is 0. The molecule has 0 aliphatic heterocycles. The van der Waals surface area contributed by atoms with Crippen LogP contribution in [0.15, 0.2) is 89.0 Å². The lowest BCUT2D eigenvalue weighted by Gasteiger charge is -2.27. The highest BCUT2D eigenvalue weighted by Gasteiger charge is 2.31. The number of thiazole rings is 1. The Kier molecular flexibility index (Phi) is 7.13. The predicted molar refractivity (Wildman–Crippen MR) is 160 cm³/mol. The first-order valence-electron chi connectivity index (χ1n) is 13.2. The topological polar surface area (TPSA) is 114 Å². The Bertz CT molecular complexity index is 1880. The van der Waals surface area contributed by atoms with E-state index in [0.717, 1.165) is 11.3 Å². The molecule has 9 nitrogen and oxygen atoms in total. The fraction of sp³-hybridized carbons (Fsp3) is 0.156. The lowest BCUT2D eigenvalue weighted by Crippen LogP contribution is -2.31. The average Bonchev–Trinajstić information content (AvgIpc) is 3.51. The van der Waals surface area contributed by atoms with Crippen molar-refractivity contribution in [3.05, 3.63) is 122 Å². The second-order valence-corrected chi connectivity index (χ2v) is 10.8. The van der Waals surface area contributed by atoms with Crippen molar-refractivity contribution in [3.63, 3.8) is 0 Å². The van der Waals surface area contributed by atoms with Gasteiger partial charge in [-0.3, -0.25) is 24.3 Å². The highest BCUT2D eigenvalue weighted by Crippen LogP contribution is 2.37. The minimum absolute atomic E-state index is 0.0466. The van der Waals surface area contributed by atoms with E-state index in [2.05, 4.69) is 4.98 Å². The number of hydrogen-bond acceptors (Lipinski definition) is 8. The number of ketones is 1. The minimum Gasteiger partial charge on any atom is -0.497 e. The van der Waals surface area contributed by atoms with Gasteiger partial charge in [0.05, 0.1) is 30.4 Å². The number of pyridine rings is 1. The number of non-ortho nitro benzene ring substituents is 1. The van der Waals surface area contributed by atoms with Crippen molar-refractivity contribution < 1.29 is 19.2 Å². The van der Waals surface area contributed by atoms with E-state index in [-0.39, 0.29) is 22.9 Å². The molecular weight excluding hydrogens is 554 g/mol. The third-order valence-electron chi connectivity index (χ3n) is 7.48. The Balaban J connectivity index is 1.48. The van der Waals surface area contributed by atoms with E-state index in [1.54, 1.807) is 66.6 Å². The van der Waals surface area contributed by atoms with E-state index in [0.29, 0.717) is 57.4 Å². The molecule has 2 heterocycles. The number of benzene rings is 3. The molecule has 0 N–H and O–H groups in total. The molecule has 6 rings (SSSR count). The molecule has 1 aliphatic carbocycles. The number of rotatable bonds is 7. The van der Waals surface area contributed by atoms with Crippen molar-refractivity contribution in [3.8, 4) is 39.0 Å². The third-order valence-corrected chi connectivity index (χ3v) is 8.36. The first-order chi connectivity index (χ1) is 20.4. The summed E-state index contributed by atoms with van der Waals surface area (Å²) in [7, 11) is 3.18. The summed E-state index contributed by atoms with van der Waals surface area (Å²) < 4.78 is 12.2. The maximum atomic E-state index is 14.2. The minimum atomic E-state index is -0.460. The van der Waals surface area contributed by atoms with Crippen LogP contribution in [0.5, 0.6) is 11.5 Å². The SMILES string of the molecule is COc1ccc([C@@H]2CC(=O)c3cc(-c4nc(-c5cccc([N+](=O)[O-])c5)cs4)c(=O)n(-c4ccc(OC)cc4)c3C2)cc1. The number of aromatic nitrogens is 2. The van der Waals surface area contributed by atoms with Gasteiger partial charge in [-0.2, -0.15) is 0 Å². The lowest BCUT2D eigenvalue weighted by atomic mass is 9.81. The summed E-state index contributed by atoms with van der Waals surface area (Å²) in [6, 6.07) is 22.6. The fourth-order valence-electron chi connectivity index (χ4n) is 5.31. The largest absolute Gasteiger partial charge is 0.497 e. The molecule has 0 unspecified atom stereocenters. The van der Waals surface area contributed by atoms with Crippen LogP contribution < -0.4 is 15.0 Å². The second kappa shape index (κ2) is 11.1. The van der Waals surface area contributed by atoms with Gasteiger partial charge in [0.2, 0.25) is 0 Å². The molecule has 2 aromatic heterocycles. The molecule has 0 amide bonds. The van der Waals surface area contributed by atoms with E-state index in [1.165, 1.54) is 23.5 Å². The third kappa shape index (κ3) is 4.97. The molecule has 1 aliphatic rings. The van der Waals surface area contributed by atoms with Crippen molar-refractivity contribution >= 4 is 22.8 Å². The van der Waals surface area contributed by atoms with E-state index in [1.807, 2.05) is 24.3 Å². The van der Waals surface area contributed by atoms with E-state index in [9.17, 15) is 19.7 Å². The molecule has 3 aromatic carbocycles. The van der Waals surface area contributed by atoms with Crippen LogP contribution in [0.3, 0.4) is 0 Å². The zero-order valence-corrected chi connectivity index (χ0v) is 23.6. The Labute approximate surface area is 244 Å². The molecular formula is C32H25N3O6S. The van der Waals surface area contributed by atoms with Crippen molar-refractivity contribution in [2.45, 2.75) is 18.8 Å². The molecule has 0 radical (unpaired) electrons. The Morgan fingerprint density at radius 2 is 1.60 bits per heavy atom. The van der Waals surface area contributed by atoms with Crippen LogP contribution in [0.25, 0.3) is 27.5 Å². The summed E-state index contributed by atoms with van der Waals surface area (Å²) in [5.74, 6) is 1.21. The van der Waals surface area contributed by atoms with Gasteiger partial charge in [-0.15, -0.1) is 11.3 Å². The molecule has 0 saturated carbocycles. The van der Waals surface area contributed by atoms with Crippen LogP contribution >= 0.6 is 11.3 Å². The van der Waals surface area contributed by atoms with Crippen LogP contribution in [0.2, 0.25) is 0 Å². The number of methoxy groups -OCH3 is 2. The Hall–Kier alpha value is -5.09. The van der Waals surface area contributed by atoms with Crippen LogP contribution in [-0.2, 0) is 6.42 Å². The van der Waals surface area contributed by atoms with Gasteiger partial charge >= 0.3 is 0 Å². The molecule has 5 aromatic rings. The molecule has 42 heavy (non-hydrogen) atoms. The van der Waals surface area contributed by atoms with Crippen molar-refractivity contribution in [2.75, 3.05) is 14.2 Å². The van der Waals surface area contributed by atoms with Gasteiger partial charge in [-0.1, -0.05) is 24.3 Å². The van der Waals surface area contributed by atoms with Crippen molar-refractivity contribution in [2.24, 2.45) is 0 Å². The first-order valence-corrected chi connectivity index (χ1v) is 14.1. The van der Waals surface area contributed by atoms with Crippen molar-refractivity contribution in [1.82, 2.24) is 9.55 Å². The highest BCUT2D eigenvalue weighted by atomic mass is 32.1. The predicted octanol–water partition coefficient (Wildman–Crippen LogP) is 6.47. The standard InChI is InChI=1S/C32H25N3O6S/c1-40-24-10-6-19(7-11-24)21-15-29-26(30(36)16-21)17-27(32(37)34(29)22-8-12-25(41-2)13-9-22)31-33-28(18-42-31)20-4-3-5-23(14-20)35(38)39/h3-14,17-18,21H,15-16H2,1-2H3/t21-/m0/s1. The molecule has 210 valence electrons. The van der Waals surface area contributed by atoms with Gasteiger partial charge in [-0.25, -0.2) is 4.98 Å². The smallest absolute Gasteiger partial charge is 0.270 e. The molecule has 0 spiro atoms. The number of nitro benzene ring substituents is 1. The Morgan fingerprint density at radius 1 is 0.905 bits per heavy atom. The number of nitrogens with zero attached hydrogens (tertiary/aromatic N) is 3. The maximum Gasteiger partial charge on any atom is 0.270 e. The summed E-state index contributed by atoms with van der Waals surface area (Å²) in [5, 5.41) is 13.5. The van der Waals surface area contributed by atoms with Gasteiger partial charge in [0.15, 0.2) is 5.78 Å². The van der Waals surface area contributed by atoms with Crippen molar-refractivity contribution in [1.29, 1.82) is 0 Å².